The number of nitrogens with two attached hydrogens (primary N) is 1. The lowest BCUT2D eigenvalue weighted by Gasteiger charge is -2.33. The van der Waals surface area contributed by atoms with E-state index in [1.807, 2.05) is 0 Å². The molecule has 0 bridgehead atoms. The SMILES string of the molecule is CCCC1CCC(C(NN)c2ccncc2F)CC1. The zero-order valence-corrected chi connectivity index (χ0v) is 11.6. The highest BCUT2D eigenvalue weighted by Gasteiger charge is 2.29. The standard InChI is InChI=1S/C15H24FN3/c1-2-3-11-4-6-12(7-5-11)15(19-17)13-8-9-18-10-14(13)16/h8-12,15,19H,2-7,17H2,1H3. The molecule has 1 heterocycles. The molecule has 2 rings (SSSR count). The van der Waals surface area contributed by atoms with Crippen molar-refractivity contribution >= 4 is 0 Å². The first-order chi connectivity index (χ1) is 9.26. The summed E-state index contributed by atoms with van der Waals surface area (Å²) in [6, 6.07) is 1.64. The van der Waals surface area contributed by atoms with E-state index in [9.17, 15) is 4.39 Å². The van der Waals surface area contributed by atoms with Crippen molar-refractivity contribution in [2.45, 2.75) is 51.5 Å². The maximum absolute atomic E-state index is 13.8. The predicted molar refractivity (Wildman–Crippen MR) is 74.6 cm³/mol. The number of hydrazine groups is 1. The molecule has 1 aromatic heterocycles. The summed E-state index contributed by atoms with van der Waals surface area (Å²) in [5, 5.41) is 0. The number of hydrogen-bond donors (Lipinski definition) is 2. The Bertz CT molecular complexity index is 389. The summed E-state index contributed by atoms with van der Waals surface area (Å²) < 4.78 is 13.8. The number of halogens is 1. The molecule has 3 N–H and O–H groups in total. The van der Waals surface area contributed by atoms with Crippen LogP contribution in [0.5, 0.6) is 0 Å². The molecule has 0 saturated heterocycles. The third kappa shape index (κ3) is 3.51. The minimum atomic E-state index is -0.263. The van der Waals surface area contributed by atoms with Gasteiger partial charge >= 0.3 is 0 Å². The summed E-state index contributed by atoms with van der Waals surface area (Å²) in [4.78, 5) is 3.80. The molecule has 0 aliphatic heterocycles. The number of nitrogens with zero attached hydrogens (tertiary/aromatic N) is 1. The Hall–Kier alpha value is -1.00. The fourth-order valence-corrected chi connectivity index (χ4v) is 3.34. The van der Waals surface area contributed by atoms with Gasteiger partial charge in [-0.2, -0.15) is 0 Å². The monoisotopic (exact) mass is 265 g/mol. The van der Waals surface area contributed by atoms with E-state index in [2.05, 4.69) is 17.3 Å². The molecule has 0 aromatic carbocycles. The molecule has 4 heteroatoms. The largest absolute Gasteiger partial charge is 0.271 e. The van der Waals surface area contributed by atoms with Crippen LogP contribution in [0.25, 0.3) is 0 Å². The van der Waals surface area contributed by atoms with Crippen LogP contribution in [-0.2, 0) is 0 Å². The Morgan fingerprint density at radius 2 is 2.16 bits per heavy atom. The molecular formula is C15H24FN3. The lowest BCUT2D eigenvalue weighted by Crippen LogP contribution is -2.36. The summed E-state index contributed by atoms with van der Waals surface area (Å²) in [5.74, 6) is 6.67. The van der Waals surface area contributed by atoms with Crippen LogP contribution in [-0.4, -0.2) is 4.98 Å². The van der Waals surface area contributed by atoms with Gasteiger partial charge in [0.2, 0.25) is 0 Å². The van der Waals surface area contributed by atoms with E-state index in [0.717, 1.165) is 18.8 Å². The van der Waals surface area contributed by atoms with Crippen molar-refractivity contribution in [3.63, 3.8) is 0 Å². The van der Waals surface area contributed by atoms with E-state index in [4.69, 9.17) is 5.84 Å². The molecule has 1 saturated carbocycles. The fraction of sp³-hybridized carbons (Fsp3) is 0.667. The van der Waals surface area contributed by atoms with Crippen molar-refractivity contribution in [3.05, 3.63) is 29.8 Å². The Kier molecular flexibility index (Phi) is 5.28. The molecule has 1 fully saturated rings. The van der Waals surface area contributed by atoms with E-state index >= 15 is 0 Å². The van der Waals surface area contributed by atoms with Crippen LogP contribution in [0, 0.1) is 17.7 Å². The molecule has 1 aliphatic rings. The van der Waals surface area contributed by atoms with Gasteiger partial charge in [0.15, 0.2) is 0 Å². The summed E-state index contributed by atoms with van der Waals surface area (Å²) in [6.07, 6.45) is 10.2. The van der Waals surface area contributed by atoms with Crippen molar-refractivity contribution in [3.8, 4) is 0 Å². The molecule has 19 heavy (non-hydrogen) atoms. The van der Waals surface area contributed by atoms with E-state index < -0.39 is 0 Å². The minimum Gasteiger partial charge on any atom is -0.271 e. The third-order valence-corrected chi connectivity index (χ3v) is 4.38. The summed E-state index contributed by atoms with van der Waals surface area (Å²) in [5.41, 5.74) is 3.46. The summed E-state index contributed by atoms with van der Waals surface area (Å²) >= 11 is 0. The minimum absolute atomic E-state index is 0.0921. The van der Waals surface area contributed by atoms with Crippen LogP contribution in [0.15, 0.2) is 18.5 Å². The van der Waals surface area contributed by atoms with Gasteiger partial charge in [0.05, 0.1) is 12.2 Å². The van der Waals surface area contributed by atoms with Crippen molar-refractivity contribution in [1.29, 1.82) is 0 Å². The van der Waals surface area contributed by atoms with Crippen LogP contribution >= 0.6 is 0 Å². The topological polar surface area (TPSA) is 50.9 Å². The Morgan fingerprint density at radius 1 is 1.42 bits per heavy atom. The second-order valence-corrected chi connectivity index (χ2v) is 5.61. The zero-order chi connectivity index (χ0) is 13.7. The molecule has 3 nitrogen and oxygen atoms in total. The van der Waals surface area contributed by atoms with Crippen LogP contribution in [0.4, 0.5) is 4.39 Å². The average Bonchev–Trinajstić information content (AvgIpc) is 2.44. The molecule has 1 aromatic rings. The lowest BCUT2D eigenvalue weighted by molar-refractivity contribution is 0.212. The van der Waals surface area contributed by atoms with Crippen molar-refractivity contribution in [1.82, 2.24) is 10.4 Å². The van der Waals surface area contributed by atoms with E-state index in [0.29, 0.717) is 11.5 Å². The van der Waals surface area contributed by atoms with Gasteiger partial charge in [-0.3, -0.25) is 16.3 Å². The molecule has 0 spiro atoms. The highest BCUT2D eigenvalue weighted by molar-refractivity contribution is 5.18. The average molecular weight is 265 g/mol. The highest BCUT2D eigenvalue weighted by Crippen LogP contribution is 2.38. The summed E-state index contributed by atoms with van der Waals surface area (Å²) in [7, 11) is 0. The van der Waals surface area contributed by atoms with E-state index in [1.165, 1.54) is 31.9 Å². The fourth-order valence-electron chi connectivity index (χ4n) is 3.34. The Balaban J connectivity index is 2.02. The Morgan fingerprint density at radius 3 is 2.74 bits per heavy atom. The number of pyridine rings is 1. The lowest BCUT2D eigenvalue weighted by atomic mass is 9.75. The van der Waals surface area contributed by atoms with Crippen LogP contribution in [0.3, 0.4) is 0 Å². The normalized spacial score (nSPS) is 25.2. The first kappa shape index (κ1) is 14.4. The first-order valence-corrected chi connectivity index (χ1v) is 7.31. The number of nitrogens with one attached hydrogen (secondary N) is 1. The van der Waals surface area contributed by atoms with Crippen molar-refractivity contribution in [2.24, 2.45) is 17.7 Å². The molecule has 1 aliphatic carbocycles. The second-order valence-electron chi connectivity index (χ2n) is 5.61. The molecule has 0 amide bonds. The third-order valence-electron chi connectivity index (χ3n) is 4.38. The smallest absolute Gasteiger partial charge is 0.146 e. The maximum Gasteiger partial charge on any atom is 0.146 e. The van der Waals surface area contributed by atoms with Crippen LogP contribution in [0.2, 0.25) is 0 Å². The van der Waals surface area contributed by atoms with Gasteiger partial charge in [0, 0.05) is 11.8 Å². The molecule has 1 unspecified atom stereocenters. The van der Waals surface area contributed by atoms with Crippen LogP contribution in [0.1, 0.15) is 57.1 Å². The molecule has 1 atom stereocenters. The van der Waals surface area contributed by atoms with Gasteiger partial charge < -0.3 is 0 Å². The zero-order valence-electron chi connectivity index (χ0n) is 11.6. The molecule has 0 radical (unpaired) electrons. The van der Waals surface area contributed by atoms with Crippen molar-refractivity contribution < 1.29 is 4.39 Å². The highest BCUT2D eigenvalue weighted by atomic mass is 19.1. The molecular weight excluding hydrogens is 241 g/mol. The van der Waals surface area contributed by atoms with Gasteiger partial charge in [-0.25, -0.2) is 4.39 Å². The Labute approximate surface area is 114 Å². The molecule has 106 valence electrons. The predicted octanol–water partition coefficient (Wildman–Crippen LogP) is 3.33. The van der Waals surface area contributed by atoms with Crippen molar-refractivity contribution in [2.75, 3.05) is 0 Å². The second kappa shape index (κ2) is 6.96. The van der Waals surface area contributed by atoms with Gasteiger partial charge in [-0.15, -0.1) is 0 Å². The maximum atomic E-state index is 13.8. The number of rotatable bonds is 5. The van der Waals surface area contributed by atoms with E-state index in [1.54, 1.807) is 12.3 Å². The quantitative estimate of drug-likeness (QED) is 0.634. The number of hydrogen-bond acceptors (Lipinski definition) is 3. The summed E-state index contributed by atoms with van der Waals surface area (Å²) in [6.45, 7) is 2.24. The van der Waals surface area contributed by atoms with Gasteiger partial charge in [-0.1, -0.05) is 32.6 Å². The van der Waals surface area contributed by atoms with E-state index in [-0.39, 0.29) is 11.9 Å². The first-order valence-electron chi connectivity index (χ1n) is 7.31. The van der Waals surface area contributed by atoms with Gasteiger partial charge in [0.25, 0.3) is 0 Å². The number of aromatic nitrogens is 1. The van der Waals surface area contributed by atoms with Gasteiger partial charge in [0.1, 0.15) is 5.82 Å². The van der Waals surface area contributed by atoms with Crippen LogP contribution < -0.4 is 11.3 Å². The van der Waals surface area contributed by atoms with Gasteiger partial charge in [-0.05, 0) is 30.7 Å².